The molecule has 0 saturated heterocycles. The lowest BCUT2D eigenvalue weighted by Gasteiger charge is -2.17. The molecule has 2 N–H and O–H groups in total. The van der Waals surface area contributed by atoms with Gasteiger partial charge in [-0.25, -0.2) is 14.4 Å². The van der Waals surface area contributed by atoms with Crippen LogP contribution in [0.2, 0.25) is 0 Å². The number of nitrogens with two attached hydrogens (primary N) is 1. The van der Waals surface area contributed by atoms with E-state index in [1.54, 1.807) is 0 Å². The summed E-state index contributed by atoms with van der Waals surface area (Å²) in [5.74, 6) is -0.487. The fourth-order valence-corrected chi connectivity index (χ4v) is 0.626. The van der Waals surface area contributed by atoms with Gasteiger partial charge in [0, 0.05) is 5.54 Å². The number of nitrogens with zero attached hydrogens (tertiary/aromatic N) is 2. The van der Waals surface area contributed by atoms with Crippen LogP contribution in [0.3, 0.4) is 0 Å². The Balaban J connectivity index is 2.51. The van der Waals surface area contributed by atoms with Crippen LogP contribution in [0.15, 0.2) is 12.4 Å². The molecule has 0 amide bonds. The number of aromatic nitrogens is 2. The SMILES string of the molecule is CC(C)(N)COc1ncc(F)cn1. The minimum atomic E-state index is -0.487. The Morgan fingerprint density at radius 1 is 1.46 bits per heavy atom. The molecule has 13 heavy (non-hydrogen) atoms. The van der Waals surface area contributed by atoms with Crippen molar-refractivity contribution in [3.05, 3.63) is 18.2 Å². The normalized spacial score (nSPS) is 11.4. The average Bonchev–Trinajstić information content (AvgIpc) is 2.02. The summed E-state index contributed by atoms with van der Waals surface area (Å²) in [6, 6.07) is 0.139. The number of hydrogen-bond donors (Lipinski definition) is 1. The Labute approximate surface area is 75.9 Å². The molecule has 0 aliphatic carbocycles. The van der Waals surface area contributed by atoms with E-state index in [1.165, 1.54) is 0 Å². The maximum atomic E-state index is 12.4. The third kappa shape index (κ3) is 3.80. The summed E-state index contributed by atoms with van der Waals surface area (Å²) in [5, 5.41) is 0. The summed E-state index contributed by atoms with van der Waals surface area (Å²) in [7, 11) is 0. The molecule has 4 nitrogen and oxygen atoms in total. The van der Waals surface area contributed by atoms with Gasteiger partial charge in [-0.3, -0.25) is 0 Å². The monoisotopic (exact) mass is 185 g/mol. The van der Waals surface area contributed by atoms with E-state index in [-0.39, 0.29) is 6.01 Å². The van der Waals surface area contributed by atoms with E-state index in [1.807, 2.05) is 13.8 Å². The summed E-state index contributed by atoms with van der Waals surface area (Å²) in [6.45, 7) is 3.92. The summed E-state index contributed by atoms with van der Waals surface area (Å²) in [4.78, 5) is 7.23. The van der Waals surface area contributed by atoms with Gasteiger partial charge in [0.05, 0.1) is 12.4 Å². The van der Waals surface area contributed by atoms with Crippen molar-refractivity contribution in [2.24, 2.45) is 5.73 Å². The van der Waals surface area contributed by atoms with Crippen molar-refractivity contribution in [3.8, 4) is 6.01 Å². The van der Waals surface area contributed by atoms with Crippen LogP contribution >= 0.6 is 0 Å². The topological polar surface area (TPSA) is 61.0 Å². The average molecular weight is 185 g/mol. The van der Waals surface area contributed by atoms with Gasteiger partial charge in [-0.15, -0.1) is 0 Å². The minimum Gasteiger partial charge on any atom is -0.462 e. The first kappa shape index (κ1) is 9.85. The molecule has 1 heterocycles. The molecule has 0 atom stereocenters. The van der Waals surface area contributed by atoms with Crippen LogP contribution in [0.4, 0.5) is 4.39 Å². The zero-order valence-corrected chi connectivity index (χ0v) is 7.62. The Morgan fingerprint density at radius 3 is 2.46 bits per heavy atom. The second-order valence-corrected chi connectivity index (χ2v) is 3.46. The van der Waals surface area contributed by atoms with Gasteiger partial charge in [0.25, 0.3) is 0 Å². The van der Waals surface area contributed by atoms with E-state index < -0.39 is 11.4 Å². The van der Waals surface area contributed by atoms with Gasteiger partial charge >= 0.3 is 6.01 Å². The van der Waals surface area contributed by atoms with E-state index in [0.29, 0.717) is 6.61 Å². The molecule has 0 radical (unpaired) electrons. The number of rotatable bonds is 3. The van der Waals surface area contributed by atoms with E-state index in [4.69, 9.17) is 10.5 Å². The van der Waals surface area contributed by atoms with Gasteiger partial charge in [-0.1, -0.05) is 0 Å². The Hall–Kier alpha value is -1.23. The lowest BCUT2D eigenvalue weighted by atomic mass is 10.1. The zero-order chi connectivity index (χ0) is 9.90. The Kier molecular flexibility index (Phi) is 2.77. The highest BCUT2D eigenvalue weighted by Crippen LogP contribution is 2.04. The second-order valence-electron chi connectivity index (χ2n) is 3.46. The predicted octanol–water partition coefficient (Wildman–Crippen LogP) is 0.732. The van der Waals surface area contributed by atoms with Crippen LogP contribution in [-0.2, 0) is 0 Å². The molecule has 0 bridgehead atoms. The third-order valence-electron chi connectivity index (χ3n) is 1.17. The Morgan fingerprint density at radius 2 is 2.00 bits per heavy atom. The van der Waals surface area contributed by atoms with Crippen molar-refractivity contribution in [3.63, 3.8) is 0 Å². The van der Waals surface area contributed by atoms with Gasteiger partial charge in [0.2, 0.25) is 0 Å². The van der Waals surface area contributed by atoms with Crippen molar-refractivity contribution < 1.29 is 9.13 Å². The number of ether oxygens (including phenoxy) is 1. The highest BCUT2D eigenvalue weighted by molar-refractivity contribution is 4.96. The maximum absolute atomic E-state index is 12.4. The second kappa shape index (κ2) is 3.66. The fraction of sp³-hybridized carbons (Fsp3) is 0.500. The molecule has 0 aliphatic rings. The Bertz CT molecular complexity index is 268. The largest absolute Gasteiger partial charge is 0.462 e. The van der Waals surface area contributed by atoms with Crippen molar-refractivity contribution in [2.45, 2.75) is 19.4 Å². The summed E-state index contributed by atoms with van der Waals surface area (Å²) < 4.78 is 17.5. The summed E-state index contributed by atoms with van der Waals surface area (Å²) >= 11 is 0. The van der Waals surface area contributed by atoms with Gasteiger partial charge in [-0.2, -0.15) is 0 Å². The number of halogens is 1. The van der Waals surface area contributed by atoms with E-state index >= 15 is 0 Å². The van der Waals surface area contributed by atoms with E-state index in [0.717, 1.165) is 12.4 Å². The quantitative estimate of drug-likeness (QED) is 0.754. The van der Waals surface area contributed by atoms with Gasteiger partial charge in [0.1, 0.15) is 6.61 Å². The first-order chi connectivity index (χ1) is 5.97. The zero-order valence-electron chi connectivity index (χ0n) is 7.62. The van der Waals surface area contributed by atoms with Crippen LogP contribution in [0, 0.1) is 5.82 Å². The highest BCUT2D eigenvalue weighted by Gasteiger charge is 2.12. The van der Waals surface area contributed by atoms with Crippen LogP contribution in [0.1, 0.15) is 13.8 Å². The maximum Gasteiger partial charge on any atom is 0.316 e. The van der Waals surface area contributed by atoms with Gasteiger partial charge < -0.3 is 10.5 Å². The lowest BCUT2D eigenvalue weighted by molar-refractivity contribution is 0.225. The molecule has 0 saturated carbocycles. The molecule has 5 heteroatoms. The minimum absolute atomic E-state index is 0.139. The predicted molar refractivity (Wildman–Crippen MR) is 45.8 cm³/mol. The third-order valence-corrected chi connectivity index (χ3v) is 1.17. The molecular weight excluding hydrogens is 173 g/mol. The van der Waals surface area contributed by atoms with Crippen LogP contribution in [0.25, 0.3) is 0 Å². The molecule has 0 aromatic carbocycles. The van der Waals surface area contributed by atoms with Crippen molar-refractivity contribution in [1.82, 2.24) is 9.97 Å². The molecule has 72 valence electrons. The van der Waals surface area contributed by atoms with Crippen molar-refractivity contribution in [2.75, 3.05) is 6.61 Å². The highest BCUT2D eigenvalue weighted by atomic mass is 19.1. The van der Waals surface area contributed by atoms with E-state index in [2.05, 4.69) is 9.97 Å². The molecule has 0 unspecified atom stereocenters. The summed E-state index contributed by atoms with van der Waals surface area (Å²) in [6.07, 6.45) is 2.09. The fourth-order valence-electron chi connectivity index (χ4n) is 0.626. The molecule has 0 aliphatic heterocycles. The number of hydrogen-bond acceptors (Lipinski definition) is 4. The van der Waals surface area contributed by atoms with Crippen molar-refractivity contribution >= 4 is 0 Å². The molecular formula is C8H12FN3O. The smallest absolute Gasteiger partial charge is 0.316 e. The molecule has 0 spiro atoms. The molecule has 1 rings (SSSR count). The van der Waals surface area contributed by atoms with Crippen LogP contribution < -0.4 is 10.5 Å². The van der Waals surface area contributed by atoms with Crippen LogP contribution in [-0.4, -0.2) is 22.1 Å². The lowest BCUT2D eigenvalue weighted by Crippen LogP contribution is -2.38. The first-order valence-corrected chi connectivity index (χ1v) is 3.86. The van der Waals surface area contributed by atoms with E-state index in [9.17, 15) is 4.39 Å². The molecule has 0 fully saturated rings. The summed E-state index contributed by atoms with van der Waals surface area (Å²) in [5.41, 5.74) is 5.21. The van der Waals surface area contributed by atoms with Crippen LogP contribution in [0.5, 0.6) is 6.01 Å². The van der Waals surface area contributed by atoms with Gasteiger partial charge in [-0.05, 0) is 13.8 Å². The molecule has 1 aromatic heterocycles. The van der Waals surface area contributed by atoms with Gasteiger partial charge in [0.15, 0.2) is 5.82 Å². The van der Waals surface area contributed by atoms with Crippen molar-refractivity contribution in [1.29, 1.82) is 0 Å². The standard InChI is InChI=1S/C8H12FN3O/c1-8(2,10)5-13-7-11-3-6(9)4-12-7/h3-4H,5,10H2,1-2H3. The molecule has 1 aromatic rings. The first-order valence-electron chi connectivity index (χ1n) is 3.86.